The van der Waals surface area contributed by atoms with Crippen molar-refractivity contribution < 1.29 is 0 Å². The van der Waals surface area contributed by atoms with Crippen LogP contribution in [0.5, 0.6) is 0 Å². The summed E-state index contributed by atoms with van der Waals surface area (Å²) in [5.74, 6) is 0. The van der Waals surface area contributed by atoms with Gasteiger partial charge in [-0.25, -0.2) is 0 Å². The van der Waals surface area contributed by atoms with Gasteiger partial charge in [-0.1, -0.05) is 6.92 Å². The standard InChI is InChI=1S/C14H20N4/c1-4-16-14(12-5-7-15-8-6-12)10-13-9-11(2)17-18(13)3/h5-9,14,16H,4,10H2,1-3H3. The third-order valence-corrected chi connectivity index (χ3v) is 3.07. The number of hydrogen-bond donors (Lipinski definition) is 1. The Labute approximate surface area is 108 Å². The average molecular weight is 244 g/mol. The molecule has 0 aliphatic heterocycles. The van der Waals surface area contributed by atoms with E-state index in [-0.39, 0.29) is 0 Å². The first-order valence-electron chi connectivity index (χ1n) is 6.33. The van der Waals surface area contributed by atoms with Crippen LogP contribution in [0.2, 0.25) is 0 Å². The quantitative estimate of drug-likeness (QED) is 0.875. The lowest BCUT2D eigenvalue weighted by atomic mass is 10.0. The summed E-state index contributed by atoms with van der Waals surface area (Å²) in [7, 11) is 2.00. The van der Waals surface area contributed by atoms with E-state index in [0.29, 0.717) is 6.04 Å². The smallest absolute Gasteiger partial charge is 0.0596 e. The first kappa shape index (κ1) is 12.8. The monoisotopic (exact) mass is 244 g/mol. The number of pyridine rings is 1. The van der Waals surface area contributed by atoms with Crippen molar-refractivity contribution >= 4 is 0 Å². The minimum Gasteiger partial charge on any atom is -0.310 e. The number of nitrogens with one attached hydrogen (secondary N) is 1. The topological polar surface area (TPSA) is 42.7 Å². The lowest BCUT2D eigenvalue weighted by molar-refractivity contribution is 0.528. The van der Waals surface area contributed by atoms with E-state index in [1.165, 1.54) is 11.3 Å². The van der Waals surface area contributed by atoms with Gasteiger partial charge in [-0.05, 0) is 37.2 Å². The zero-order valence-corrected chi connectivity index (χ0v) is 11.2. The van der Waals surface area contributed by atoms with Crippen molar-refractivity contribution in [2.24, 2.45) is 7.05 Å². The Morgan fingerprint density at radius 1 is 1.33 bits per heavy atom. The van der Waals surface area contributed by atoms with Crippen molar-refractivity contribution in [1.29, 1.82) is 0 Å². The van der Waals surface area contributed by atoms with Crippen molar-refractivity contribution in [3.63, 3.8) is 0 Å². The Bertz CT molecular complexity index is 490. The van der Waals surface area contributed by atoms with E-state index < -0.39 is 0 Å². The molecule has 4 nitrogen and oxygen atoms in total. The molecule has 0 fully saturated rings. The first-order chi connectivity index (χ1) is 8.70. The highest BCUT2D eigenvalue weighted by molar-refractivity contribution is 5.19. The fourth-order valence-electron chi connectivity index (χ4n) is 2.21. The van der Waals surface area contributed by atoms with E-state index in [2.05, 4.69) is 40.5 Å². The summed E-state index contributed by atoms with van der Waals surface area (Å²) in [5, 5.41) is 7.91. The van der Waals surface area contributed by atoms with Gasteiger partial charge >= 0.3 is 0 Å². The Morgan fingerprint density at radius 2 is 2.06 bits per heavy atom. The maximum atomic E-state index is 4.39. The van der Waals surface area contributed by atoms with Gasteiger partial charge in [0.1, 0.15) is 0 Å². The van der Waals surface area contributed by atoms with Crippen LogP contribution in [0, 0.1) is 6.92 Å². The highest BCUT2D eigenvalue weighted by atomic mass is 15.3. The van der Waals surface area contributed by atoms with Crippen LogP contribution >= 0.6 is 0 Å². The largest absolute Gasteiger partial charge is 0.310 e. The molecule has 0 saturated carbocycles. The van der Waals surface area contributed by atoms with Crippen LogP contribution in [0.1, 0.15) is 29.9 Å². The Balaban J connectivity index is 2.19. The van der Waals surface area contributed by atoms with Crippen LogP contribution in [-0.4, -0.2) is 21.3 Å². The number of hydrogen-bond acceptors (Lipinski definition) is 3. The van der Waals surface area contributed by atoms with Crippen LogP contribution in [0.25, 0.3) is 0 Å². The first-order valence-corrected chi connectivity index (χ1v) is 6.33. The van der Waals surface area contributed by atoms with Gasteiger partial charge in [-0.15, -0.1) is 0 Å². The van der Waals surface area contributed by atoms with Gasteiger partial charge < -0.3 is 5.32 Å². The third kappa shape index (κ3) is 2.96. The molecule has 0 radical (unpaired) electrons. The second-order valence-electron chi connectivity index (χ2n) is 4.50. The number of rotatable bonds is 5. The Hall–Kier alpha value is -1.68. The van der Waals surface area contributed by atoms with Gasteiger partial charge in [0.15, 0.2) is 0 Å². The van der Waals surface area contributed by atoms with E-state index in [4.69, 9.17) is 0 Å². The Kier molecular flexibility index (Phi) is 4.10. The van der Waals surface area contributed by atoms with Gasteiger partial charge in [0.2, 0.25) is 0 Å². The molecule has 2 aromatic rings. The average Bonchev–Trinajstić information content (AvgIpc) is 2.68. The lowest BCUT2D eigenvalue weighted by Crippen LogP contribution is -2.23. The number of likely N-dealkylation sites (N-methyl/N-ethyl adjacent to an activating group) is 1. The molecule has 1 atom stereocenters. The summed E-state index contributed by atoms with van der Waals surface area (Å²) >= 11 is 0. The van der Waals surface area contributed by atoms with Crippen molar-refractivity contribution in [1.82, 2.24) is 20.1 Å². The summed E-state index contributed by atoms with van der Waals surface area (Å²) in [4.78, 5) is 4.07. The molecule has 2 heterocycles. The molecule has 0 amide bonds. The molecule has 0 saturated heterocycles. The predicted molar refractivity (Wildman–Crippen MR) is 72.3 cm³/mol. The summed E-state index contributed by atoms with van der Waals surface area (Å²) in [5.41, 5.74) is 3.58. The van der Waals surface area contributed by atoms with E-state index in [9.17, 15) is 0 Å². The van der Waals surface area contributed by atoms with Gasteiger partial charge in [-0.3, -0.25) is 9.67 Å². The summed E-state index contributed by atoms with van der Waals surface area (Å²) in [6, 6.07) is 6.59. The maximum absolute atomic E-state index is 4.39. The van der Waals surface area contributed by atoms with Gasteiger partial charge in [0.05, 0.1) is 5.69 Å². The van der Waals surface area contributed by atoms with Gasteiger partial charge in [-0.2, -0.15) is 5.10 Å². The highest BCUT2D eigenvalue weighted by Gasteiger charge is 2.13. The number of aryl methyl sites for hydroxylation is 2. The van der Waals surface area contributed by atoms with Crippen molar-refractivity contribution in [2.45, 2.75) is 26.3 Å². The van der Waals surface area contributed by atoms with Gasteiger partial charge in [0.25, 0.3) is 0 Å². The van der Waals surface area contributed by atoms with Gasteiger partial charge in [0, 0.05) is 37.6 Å². The SMILES string of the molecule is CCNC(Cc1cc(C)nn1C)c1ccncc1. The Morgan fingerprint density at radius 3 is 2.61 bits per heavy atom. The minimum absolute atomic E-state index is 0.313. The third-order valence-electron chi connectivity index (χ3n) is 3.07. The molecule has 2 aromatic heterocycles. The second kappa shape index (κ2) is 5.78. The zero-order valence-electron chi connectivity index (χ0n) is 11.2. The molecule has 0 aromatic carbocycles. The molecule has 0 spiro atoms. The van der Waals surface area contributed by atoms with Crippen LogP contribution in [0.15, 0.2) is 30.6 Å². The van der Waals surface area contributed by atoms with Crippen LogP contribution in [0.3, 0.4) is 0 Å². The number of aromatic nitrogens is 3. The zero-order chi connectivity index (χ0) is 13.0. The van der Waals surface area contributed by atoms with Crippen LogP contribution in [0.4, 0.5) is 0 Å². The minimum atomic E-state index is 0.313. The summed E-state index contributed by atoms with van der Waals surface area (Å²) in [6.45, 7) is 5.10. The molecule has 96 valence electrons. The molecule has 2 rings (SSSR count). The molecule has 1 unspecified atom stereocenters. The van der Waals surface area contributed by atoms with E-state index in [1.54, 1.807) is 0 Å². The molecular weight excluding hydrogens is 224 g/mol. The molecule has 0 aliphatic carbocycles. The van der Waals surface area contributed by atoms with Crippen molar-refractivity contribution in [2.75, 3.05) is 6.54 Å². The second-order valence-corrected chi connectivity index (χ2v) is 4.50. The fraction of sp³-hybridized carbons (Fsp3) is 0.429. The molecule has 18 heavy (non-hydrogen) atoms. The van der Waals surface area contributed by atoms with Crippen molar-refractivity contribution in [3.05, 3.63) is 47.5 Å². The number of nitrogens with zero attached hydrogens (tertiary/aromatic N) is 3. The molecular formula is C14H20N4. The van der Waals surface area contributed by atoms with E-state index in [0.717, 1.165) is 18.7 Å². The normalized spacial score (nSPS) is 12.6. The van der Waals surface area contributed by atoms with Crippen LogP contribution < -0.4 is 5.32 Å². The lowest BCUT2D eigenvalue weighted by Gasteiger charge is -2.18. The van der Waals surface area contributed by atoms with E-state index in [1.807, 2.05) is 31.0 Å². The maximum Gasteiger partial charge on any atom is 0.0596 e. The molecule has 0 aliphatic rings. The summed E-state index contributed by atoms with van der Waals surface area (Å²) in [6.07, 6.45) is 4.62. The van der Waals surface area contributed by atoms with Crippen LogP contribution in [-0.2, 0) is 13.5 Å². The molecule has 1 N–H and O–H groups in total. The molecule has 4 heteroatoms. The fourth-order valence-corrected chi connectivity index (χ4v) is 2.21. The molecule has 0 bridgehead atoms. The highest BCUT2D eigenvalue weighted by Crippen LogP contribution is 2.18. The van der Waals surface area contributed by atoms with Crippen molar-refractivity contribution in [3.8, 4) is 0 Å². The predicted octanol–water partition coefficient (Wildman–Crippen LogP) is 2.02. The summed E-state index contributed by atoms with van der Waals surface area (Å²) < 4.78 is 1.96. The van der Waals surface area contributed by atoms with E-state index >= 15 is 0 Å².